The number of nitrogens with one attached hydrogen (secondary N) is 1. The van der Waals surface area contributed by atoms with E-state index in [1.807, 2.05) is 18.5 Å². The monoisotopic (exact) mass is 509 g/mol. The van der Waals surface area contributed by atoms with Crippen molar-refractivity contribution >= 4 is 23.0 Å². The van der Waals surface area contributed by atoms with Gasteiger partial charge in [-0.1, -0.05) is 45.4 Å². The number of amides is 1. The average molecular weight is 510 g/mol. The van der Waals surface area contributed by atoms with Crippen LogP contribution in [0.15, 0.2) is 70.7 Å². The Morgan fingerprint density at radius 3 is 2.76 bits per heavy atom. The molecule has 38 heavy (non-hydrogen) atoms. The first-order valence-electron chi connectivity index (χ1n) is 14.2. The van der Waals surface area contributed by atoms with Crippen LogP contribution in [0.4, 0.5) is 5.69 Å². The molecule has 3 aliphatic rings. The highest BCUT2D eigenvalue weighted by molar-refractivity contribution is 6.46. The number of unbranched alkanes of at least 4 members (excludes halogenated alkanes) is 1. The molecule has 1 aromatic heterocycles. The number of benzene rings is 1. The van der Waals surface area contributed by atoms with Crippen LogP contribution in [-0.2, 0) is 4.79 Å². The van der Waals surface area contributed by atoms with Crippen LogP contribution < -0.4 is 10.2 Å². The van der Waals surface area contributed by atoms with Crippen LogP contribution in [-0.4, -0.2) is 41.9 Å². The molecule has 0 radical (unpaired) electrons. The summed E-state index contributed by atoms with van der Waals surface area (Å²) in [5.74, 6) is 0.453. The summed E-state index contributed by atoms with van der Waals surface area (Å²) in [6.45, 7) is 9.41. The van der Waals surface area contributed by atoms with Crippen LogP contribution in [0.3, 0.4) is 0 Å². The Kier molecular flexibility index (Phi) is 8.16. The maximum atomic E-state index is 13.7. The molecule has 1 amide bonds. The van der Waals surface area contributed by atoms with E-state index in [0.717, 1.165) is 66.9 Å². The number of anilines is 1. The van der Waals surface area contributed by atoms with Crippen LogP contribution in [0.2, 0.25) is 0 Å². The number of nitrogens with zero attached hydrogens (tertiary/aromatic N) is 4. The van der Waals surface area contributed by atoms with Crippen molar-refractivity contribution in [2.75, 3.05) is 24.5 Å². The van der Waals surface area contributed by atoms with Gasteiger partial charge in [-0.2, -0.15) is 0 Å². The van der Waals surface area contributed by atoms with E-state index in [1.165, 1.54) is 18.4 Å². The van der Waals surface area contributed by atoms with Gasteiger partial charge < -0.3 is 10.2 Å². The lowest BCUT2D eigenvalue weighted by atomic mass is 9.85. The third kappa shape index (κ3) is 5.79. The Labute approximate surface area is 226 Å². The minimum atomic E-state index is -0.184. The second-order valence-corrected chi connectivity index (χ2v) is 10.8. The van der Waals surface area contributed by atoms with E-state index < -0.39 is 0 Å². The number of aromatic nitrogens is 1. The zero-order chi connectivity index (χ0) is 26.5. The van der Waals surface area contributed by atoms with Crippen LogP contribution in [0.5, 0.6) is 0 Å². The minimum absolute atomic E-state index is 0.184. The molecule has 1 N–H and O–H groups in total. The van der Waals surface area contributed by atoms with Crippen molar-refractivity contribution in [3.05, 3.63) is 71.8 Å². The molecule has 0 saturated carbocycles. The van der Waals surface area contributed by atoms with Gasteiger partial charge in [-0.15, -0.1) is 0 Å². The molecule has 0 aliphatic carbocycles. The van der Waals surface area contributed by atoms with Gasteiger partial charge in [0.2, 0.25) is 0 Å². The highest BCUT2D eigenvalue weighted by Gasteiger charge is 2.27. The Hall–Kier alpha value is -3.54. The number of hydrogen-bond donors (Lipinski definition) is 1. The number of aliphatic imine (C=N–C) groups is 2. The number of fused-ring (bicyclic) bond motifs is 1. The lowest BCUT2D eigenvalue weighted by Gasteiger charge is -2.20. The molecule has 0 spiro atoms. The zero-order valence-electron chi connectivity index (χ0n) is 22.9. The Bertz CT molecular complexity index is 1300. The molecule has 1 fully saturated rings. The van der Waals surface area contributed by atoms with Gasteiger partial charge >= 0.3 is 0 Å². The summed E-state index contributed by atoms with van der Waals surface area (Å²) in [5, 5.41) is 3.09. The second kappa shape index (κ2) is 11.9. The van der Waals surface area contributed by atoms with E-state index in [0.29, 0.717) is 29.8 Å². The zero-order valence-corrected chi connectivity index (χ0v) is 22.9. The topological polar surface area (TPSA) is 70.0 Å². The highest BCUT2D eigenvalue weighted by Crippen LogP contribution is 2.34. The molecule has 2 aromatic rings. The number of carbonyl (C=O) groups is 1. The van der Waals surface area contributed by atoms with E-state index in [-0.39, 0.29) is 5.91 Å². The molecule has 6 nitrogen and oxygen atoms in total. The van der Waals surface area contributed by atoms with Gasteiger partial charge in [-0.3, -0.25) is 19.8 Å². The third-order valence-corrected chi connectivity index (χ3v) is 8.05. The molecule has 3 aliphatic heterocycles. The summed E-state index contributed by atoms with van der Waals surface area (Å²) >= 11 is 0. The number of allylic oxidation sites excluding steroid dienone is 2. The molecule has 1 saturated heterocycles. The minimum Gasteiger partial charge on any atom is -0.370 e. The van der Waals surface area contributed by atoms with Crippen molar-refractivity contribution in [3.8, 4) is 11.1 Å². The Morgan fingerprint density at radius 2 is 1.95 bits per heavy atom. The number of rotatable bonds is 7. The van der Waals surface area contributed by atoms with Gasteiger partial charge in [0.05, 0.1) is 23.8 Å². The third-order valence-electron chi connectivity index (χ3n) is 8.05. The number of carbonyl (C=O) groups excluding carboxylic acids is 1. The fraction of sp³-hybridized carbons (Fsp3) is 0.438. The Balaban J connectivity index is 1.45. The molecule has 1 aromatic carbocycles. The van der Waals surface area contributed by atoms with Crippen LogP contribution >= 0.6 is 0 Å². The largest absolute Gasteiger partial charge is 0.370 e. The first kappa shape index (κ1) is 26.1. The molecule has 6 heteroatoms. The van der Waals surface area contributed by atoms with Crippen molar-refractivity contribution < 1.29 is 4.79 Å². The molecule has 0 bridgehead atoms. The van der Waals surface area contributed by atoms with Crippen molar-refractivity contribution in [1.29, 1.82) is 0 Å². The van der Waals surface area contributed by atoms with E-state index in [1.54, 1.807) is 6.20 Å². The summed E-state index contributed by atoms with van der Waals surface area (Å²) in [6.07, 6.45) is 16.2. The summed E-state index contributed by atoms with van der Waals surface area (Å²) in [5.41, 5.74) is 7.71. The van der Waals surface area contributed by atoms with Gasteiger partial charge in [0.1, 0.15) is 5.71 Å². The highest BCUT2D eigenvalue weighted by atomic mass is 16.1. The van der Waals surface area contributed by atoms with Crippen molar-refractivity contribution in [2.24, 2.45) is 15.9 Å². The predicted molar refractivity (Wildman–Crippen MR) is 157 cm³/mol. The number of hydrogen-bond acceptors (Lipinski definition) is 5. The van der Waals surface area contributed by atoms with Crippen LogP contribution in [0, 0.1) is 5.92 Å². The summed E-state index contributed by atoms with van der Waals surface area (Å²) < 4.78 is 0. The first-order chi connectivity index (χ1) is 18.5. The fourth-order valence-corrected chi connectivity index (χ4v) is 5.44. The Morgan fingerprint density at radius 1 is 1.11 bits per heavy atom. The summed E-state index contributed by atoms with van der Waals surface area (Å²) in [4.78, 5) is 30.1. The maximum absolute atomic E-state index is 13.7. The maximum Gasteiger partial charge on any atom is 0.274 e. The van der Waals surface area contributed by atoms with Gasteiger partial charge in [-0.25, -0.2) is 0 Å². The number of pyridine rings is 1. The normalized spacial score (nSPS) is 21.1. The standard InChI is InChI=1S/C32H39N5O/c1-4-5-9-26-10-8-11-27(20-34-26)36-32(38)31-30-17-24(12-13-29(30)23(3)22(2)18-35-31)25-16-28(21-33-19-25)37-14-6-7-15-37/h8,11-13,16-17,19-23H,4-7,9-10,14-15,18H2,1-3H3,(H,36,38). The lowest BCUT2D eigenvalue weighted by molar-refractivity contribution is -0.114. The van der Waals surface area contributed by atoms with E-state index in [9.17, 15) is 4.79 Å². The lowest BCUT2D eigenvalue weighted by Crippen LogP contribution is -2.31. The van der Waals surface area contributed by atoms with E-state index in [4.69, 9.17) is 4.99 Å². The average Bonchev–Trinajstić information content (AvgIpc) is 3.35. The van der Waals surface area contributed by atoms with Gasteiger partial charge in [0, 0.05) is 49.1 Å². The second-order valence-electron chi connectivity index (χ2n) is 10.8. The fourth-order valence-electron chi connectivity index (χ4n) is 5.44. The van der Waals surface area contributed by atoms with Gasteiger partial charge in [0.15, 0.2) is 0 Å². The van der Waals surface area contributed by atoms with Gasteiger partial charge in [-0.05, 0) is 66.9 Å². The summed E-state index contributed by atoms with van der Waals surface area (Å²) in [6, 6.07) is 8.69. The predicted octanol–water partition coefficient (Wildman–Crippen LogP) is 6.44. The molecular weight excluding hydrogens is 470 g/mol. The van der Waals surface area contributed by atoms with E-state index in [2.05, 4.69) is 71.3 Å². The van der Waals surface area contributed by atoms with Crippen molar-refractivity contribution in [3.63, 3.8) is 0 Å². The molecule has 5 rings (SSSR count). The van der Waals surface area contributed by atoms with Crippen LogP contribution in [0.25, 0.3) is 11.1 Å². The van der Waals surface area contributed by atoms with Crippen molar-refractivity contribution in [2.45, 2.75) is 65.2 Å². The SMILES string of the molecule is CCCCC1=NC=C(NC(=O)C2=NCC(C)C(C)c3ccc(-c4cncc(N5CCCC5)c4)cc32)C=CC1. The molecule has 2 atom stereocenters. The first-order valence-corrected chi connectivity index (χ1v) is 14.2. The van der Waals surface area contributed by atoms with Crippen molar-refractivity contribution in [1.82, 2.24) is 10.3 Å². The quantitative estimate of drug-likeness (QED) is 0.467. The van der Waals surface area contributed by atoms with Gasteiger partial charge in [0.25, 0.3) is 5.91 Å². The smallest absolute Gasteiger partial charge is 0.274 e. The molecule has 198 valence electrons. The van der Waals surface area contributed by atoms with E-state index >= 15 is 0 Å². The summed E-state index contributed by atoms with van der Waals surface area (Å²) in [7, 11) is 0. The molecule has 2 unspecified atom stereocenters. The van der Waals surface area contributed by atoms with Crippen LogP contribution in [0.1, 0.15) is 76.3 Å². The molecular formula is C32H39N5O. The molecule has 4 heterocycles.